The molecule has 0 bridgehead atoms. The zero-order valence-corrected chi connectivity index (χ0v) is 9.99. The zero-order valence-electron chi connectivity index (χ0n) is 9.99. The van der Waals surface area contributed by atoms with Crippen LogP contribution in [0.15, 0.2) is 18.2 Å². The molecule has 0 aromatic heterocycles. The van der Waals surface area contributed by atoms with E-state index in [9.17, 15) is 22.8 Å². The van der Waals surface area contributed by atoms with Crippen molar-refractivity contribution in [3.63, 3.8) is 0 Å². The summed E-state index contributed by atoms with van der Waals surface area (Å²) in [7, 11) is 0. The third kappa shape index (κ3) is 4.28. The highest BCUT2D eigenvalue weighted by molar-refractivity contribution is 5.93. The van der Waals surface area contributed by atoms with Crippen LogP contribution in [0.25, 0.3) is 0 Å². The number of hydrogen-bond acceptors (Lipinski definition) is 3. The molecule has 0 atom stereocenters. The van der Waals surface area contributed by atoms with Crippen LogP contribution >= 0.6 is 0 Å². The number of carbonyl (C=O) groups excluding carboxylic acids is 1. The van der Waals surface area contributed by atoms with Crippen LogP contribution in [-0.4, -0.2) is 17.0 Å². The number of benzene rings is 1. The molecule has 0 unspecified atom stereocenters. The number of nitriles is 1. The predicted octanol–water partition coefficient (Wildman–Crippen LogP) is 2.38. The highest BCUT2D eigenvalue weighted by Gasteiger charge is 2.31. The third-order valence-electron chi connectivity index (χ3n) is 2.31. The van der Waals surface area contributed by atoms with Crippen molar-refractivity contribution in [3.05, 3.63) is 29.3 Å². The van der Waals surface area contributed by atoms with E-state index in [1.165, 1.54) is 0 Å². The fourth-order valence-electron chi connectivity index (χ4n) is 1.36. The van der Waals surface area contributed by atoms with E-state index in [1.807, 2.05) is 0 Å². The van der Waals surface area contributed by atoms with Crippen LogP contribution in [0.5, 0.6) is 0 Å². The smallest absolute Gasteiger partial charge is 0.416 e. The predicted molar refractivity (Wildman–Crippen MR) is 61.7 cm³/mol. The highest BCUT2D eigenvalue weighted by Crippen LogP contribution is 2.31. The molecule has 0 aliphatic rings. The van der Waals surface area contributed by atoms with Gasteiger partial charge in [0.05, 0.1) is 23.2 Å². The topological polar surface area (TPSA) is 90.2 Å². The molecule has 1 aromatic rings. The molecular formula is C12H9F3N2O3. The molecule has 0 saturated heterocycles. The van der Waals surface area contributed by atoms with Crippen molar-refractivity contribution in [2.75, 3.05) is 5.32 Å². The number of alkyl halides is 3. The normalized spacial score (nSPS) is 10.7. The first-order valence-electron chi connectivity index (χ1n) is 5.37. The second-order valence-corrected chi connectivity index (χ2v) is 3.81. The minimum Gasteiger partial charge on any atom is -0.481 e. The Balaban J connectivity index is 2.89. The Labute approximate surface area is 111 Å². The van der Waals surface area contributed by atoms with Crippen molar-refractivity contribution in [1.82, 2.24) is 0 Å². The van der Waals surface area contributed by atoms with Gasteiger partial charge in [0.1, 0.15) is 6.07 Å². The summed E-state index contributed by atoms with van der Waals surface area (Å²) in [4.78, 5) is 21.6. The lowest BCUT2D eigenvalue weighted by Gasteiger charge is -2.10. The molecule has 2 N–H and O–H groups in total. The van der Waals surface area contributed by atoms with Crippen LogP contribution < -0.4 is 5.32 Å². The van der Waals surface area contributed by atoms with Gasteiger partial charge in [0.25, 0.3) is 0 Å². The van der Waals surface area contributed by atoms with Crippen LogP contribution in [0.4, 0.5) is 18.9 Å². The number of rotatable bonds is 4. The molecule has 0 aliphatic carbocycles. The summed E-state index contributed by atoms with van der Waals surface area (Å²) < 4.78 is 37.3. The Morgan fingerprint density at radius 2 is 1.95 bits per heavy atom. The number of carboxylic acid groups (broad SMARTS) is 1. The monoisotopic (exact) mass is 286 g/mol. The fraction of sp³-hybridized carbons (Fsp3) is 0.250. The van der Waals surface area contributed by atoms with E-state index in [2.05, 4.69) is 5.32 Å². The van der Waals surface area contributed by atoms with Gasteiger partial charge in [-0.2, -0.15) is 18.4 Å². The SMILES string of the molecule is N#Cc1cc(C(F)(F)F)ccc1NC(=O)CCC(=O)O. The largest absolute Gasteiger partial charge is 0.481 e. The second-order valence-electron chi connectivity index (χ2n) is 3.81. The number of halogens is 3. The van der Waals surface area contributed by atoms with Crippen LogP contribution in [-0.2, 0) is 15.8 Å². The quantitative estimate of drug-likeness (QED) is 0.889. The second kappa shape index (κ2) is 6.06. The Kier molecular flexibility index (Phi) is 4.69. The zero-order chi connectivity index (χ0) is 15.3. The lowest BCUT2D eigenvalue weighted by molar-refractivity contribution is -0.138. The number of anilines is 1. The van der Waals surface area contributed by atoms with Gasteiger partial charge in [-0.25, -0.2) is 0 Å². The summed E-state index contributed by atoms with van der Waals surface area (Å²) in [6.45, 7) is 0. The van der Waals surface area contributed by atoms with E-state index in [-0.39, 0.29) is 17.7 Å². The molecule has 20 heavy (non-hydrogen) atoms. The lowest BCUT2D eigenvalue weighted by Crippen LogP contribution is -2.14. The minimum absolute atomic E-state index is 0.0871. The summed E-state index contributed by atoms with van der Waals surface area (Å²) in [6, 6.07) is 3.85. The number of hydrogen-bond donors (Lipinski definition) is 2. The van der Waals surface area contributed by atoms with Gasteiger partial charge in [-0.05, 0) is 18.2 Å². The van der Waals surface area contributed by atoms with Crippen LogP contribution in [0.1, 0.15) is 24.0 Å². The molecule has 1 rings (SSSR count). The van der Waals surface area contributed by atoms with Crippen molar-refractivity contribution in [1.29, 1.82) is 5.26 Å². The van der Waals surface area contributed by atoms with E-state index >= 15 is 0 Å². The number of carboxylic acids is 1. The molecule has 0 aliphatic heterocycles. The minimum atomic E-state index is -4.59. The van der Waals surface area contributed by atoms with E-state index in [1.54, 1.807) is 6.07 Å². The summed E-state index contributed by atoms with van der Waals surface area (Å²) in [5.41, 5.74) is -1.43. The summed E-state index contributed by atoms with van der Waals surface area (Å²) in [6.07, 6.45) is -5.33. The maximum absolute atomic E-state index is 12.4. The summed E-state index contributed by atoms with van der Waals surface area (Å²) >= 11 is 0. The number of amides is 1. The molecule has 1 aromatic carbocycles. The van der Waals surface area contributed by atoms with Gasteiger partial charge in [0.15, 0.2) is 0 Å². The van der Waals surface area contributed by atoms with Crippen molar-refractivity contribution < 1.29 is 27.9 Å². The molecule has 0 saturated carbocycles. The van der Waals surface area contributed by atoms with Crippen molar-refractivity contribution in [3.8, 4) is 6.07 Å². The van der Waals surface area contributed by atoms with E-state index in [4.69, 9.17) is 10.4 Å². The summed E-state index contributed by atoms with van der Waals surface area (Å²) in [5.74, 6) is -1.86. The number of carbonyl (C=O) groups is 2. The van der Waals surface area contributed by atoms with Crippen molar-refractivity contribution in [2.24, 2.45) is 0 Å². The highest BCUT2D eigenvalue weighted by atomic mass is 19.4. The molecule has 0 spiro atoms. The Morgan fingerprint density at radius 3 is 2.45 bits per heavy atom. The molecule has 5 nitrogen and oxygen atoms in total. The summed E-state index contributed by atoms with van der Waals surface area (Å²) in [5, 5.41) is 19.4. The first kappa shape index (κ1) is 15.5. The first-order valence-corrected chi connectivity index (χ1v) is 5.37. The maximum atomic E-state index is 12.4. The van der Waals surface area contributed by atoms with Crippen LogP contribution in [0, 0.1) is 11.3 Å². The van der Waals surface area contributed by atoms with Gasteiger partial charge >= 0.3 is 12.1 Å². The van der Waals surface area contributed by atoms with Gasteiger partial charge in [0.2, 0.25) is 5.91 Å². The van der Waals surface area contributed by atoms with Crippen LogP contribution in [0.2, 0.25) is 0 Å². The molecule has 0 radical (unpaired) electrons. The lowest BCUT2D eigenvalue weighted by atomic mass is 10.1. The van der Waals surface area contributed by atoms with Crippen molar-refractivity contribution in [2.45, 2.75) is 19.0 Å². The maximum Gasteiger partial charge on any atom is 0.416 e. The van der Waals surface area contributed by atoms with E-state index < -0.39 is 30.0 Å². The average Bonchev–Trinajstić information content (AvgIpc) is 2.35. The molecule has 0 heterocycles. The molecule has 106 valence electrons. The molecule has 0 fully saturated rings. The number of nitrogens with one attached hydrogen (secondary N) is 1. The first-order chi connectivity index (χ1) is 9.24. The van der Waals surface area contributed by atoms with Gasteiger partial charge in [-0.1, -0.05) is 0 Å². The fourth-order valence-corrected chi connectivity index (χ4v) is 1.36. The van der Waals surface area contributed by atoms with Crippen LogP contribution in [0.3, 0.4) is 0 Å². The van der Waals surface area contributed by atoms with Gasteiger partial charge in [-0.15, -0.1) is 0 Å². The molecule has 1 amide bonds. The third-order valence-corrected chi connectivity index (χ3v) is 2.31. The van der Waals surface area contributed by atoms with Crippen molar-refractivity contribution >= 4 is 17.6 Å². The molecule has 8 heteroatoms. The molecular weight excluding hydrogens is 277 g/mol. The van der Waals surface area contributed by atoms with E-state index in [0.717, 1.165) is 12.1 Å². The van der Waals surface area contributed by atoms with Gasteiger partial charge < -0.3 is 10.4 Å². The standard InChI is InChI=1S/C12H9F3N2O3/c13-12(14,15)8-1-2-9(7(5-8)6-16)17-10(18)3-4-11(19)20/h1-2,5H,3-4H2,(H,17,18)(H,19,20). The number of nitrogens with zero attached hydrogens (tertiary/aromatic N) is 1. The van der Waals surface area contributed by atoms with E-state index in [0.29, 0.717) is 6.07 Å². The Bertz CT molecular complexity index is 576. The Hall–Kier alpha value is -2.56. The average molecular weight is 286 g/mol. The number of aliphatic carboxylic acids is 1. The van der Waals surface area contributed by atoms with Gasteiger partial charge in [0, 0.05) is 6.42 Å². The van der Waals surface area contributed by atoms with Gasteiger partial charge in [-0.3, -0.25) is 9.59 Å². The Morgan fingerprint density at radius 1 is 1.30 bits per heavy atom.